The van der Waals surface area contributed by atoms with Gasteiger partial charge in [0.1, 0.15) is 0 Å². The van der Waals surface area contributed by atoms with E-state index in [1.54, 1.807) is 18.2 Å². The van der Waals surface area contributed by atoms with Gasteiger partial charge in [-0.25, -0.2) is 8.42 Å². The molecule has 1 aromatic rings. The first-order chi connectivity index (χ1) is 8.84. The Hall–Kier alpha value is -0.470. The lowest BCUT2D eigenvalue weighted by molar-refractivity contribution is 0.136. The second-order valence-corrected chi connectivity index (χ2v) is 7.57. The zero-order valence-corrected chi connectivity index (χ0v) is 13.2. The van der Waals surface area contributed by atoms with E-state index >= 15 is 0 Å². The largest absolute Gasteiger partial charge is 0.390 e. The van der Waals surface area contributed by atoms with Crippen molar-refractivity contribution in [3.63, 3.8) is 0 Å². The second kappa shape index (κ2) is 5.49. The number of benzene rings is 1. The first-order valence-electron chi connectivity index (χ1n) is 5.97. The number of aliphatic hydroxyl groups excluding tert-OH is 1. The molecule has 0 aromatic heterocycles. The average Bonchev–Trinajstić information content (AvgIpc) is 2.73. The maximum Gasteiger partial charge on any atom is 0.244 e. The Balaban J connectivity index is 2.36. The average molecular weight is 349 g/mol. The fraction of sp³-hybridized carbons (Fsp3) is 0.500. The molecule has 1 heterocycles. The van der Waals surface area contributed by atoms with Gasteiger partial charge in [0.2, 0.25) is 10.0 Å². The van der Waals surface area contributed by atoms with E-state index in [1.165, 1.54) is 11.4 Å². The van der Waals surface area contributed by atoms with Crippen LogP contribution in [0.1, 0.15) is 5.56 Å². The van der Waals surface area contributed by atoms with Gasteiger partial charge >= 0.3 is 0 Å². The van der Waals surface area contributed by atoms with Crippen LogP contribution in [-0.4, -0.2) is 50.1 Å². The van der Waals surface area contributed by atoms with Crippen LogP contribution >= 0.6 is 15.9 Å². The molecule has 1 saturated heterocycles. The maximum absolute atomic E-state index is 12.6. The van der Waals surface area contributed by atoms with Crippen molar-refractivity contribution in [1.29, 1.82) is 0 Å². The minimum atomic E-state index is -3.62. The molecule has 0 radical (unpaired) electrons. The Labute approximate surface area is 121 Å². The van der Waals surface area contributed by atoms with Crippen molar-refractivity contribution in [2.75, 3.05) is 20.1 Å². The van der Waals surface area contributed by atoms with Gasteiger partial charge in [-0.3, -0.25) is 0 Å². The van der Waals surface area contributed by atoms with Crippen LogP contribution in [0.25, 0.3) is 0 Å². The fourth-order valence-corrected chi connectivity index (χ4v) is 4.70. The Morgan fingerprint density at radius 1 is 1.42 bits per heavy atom. The third-order valence-corrected chi connectivity index (χ3v) is 6.22. The van der Waals surface area contributed by atoms with Crippen molar-refractivity contribution in [3.05, 3.63) is 28.2 Å². The summed E-state index contributed by atoms with van der Waals surface area (Å²) in [6, 6.07) is 4.68. The van der Waals surface area contributed by atoms with Crippen LogP contribution in [0, 0.1) is 6.92 Å². The standard InChI is InChI=1S/C12H17BrN2O3S/c1-8-3-4-12(9(13)5-8)19(17,18)15(2)10-6-14-7-11(10)16/h3-5,10-11,14,16H,6-7H2,1-2H3/t10-,11-/m1/s1. The van der Waals surface area contributed by atoms with Crippen molar-refractivity contribution < 1.29 is 13.5 Å². The van der Waals surface area contributed by atoms with E-state index in [-0.39, 0.29) is 4.90 Å². The molecule has 106 valence electrons. The van der Waals surface area contributed by atoms with E-state index in [4.69, 9.17) is 0 Å². The number of aliphatic hydroxyl groups is 1. The molecule has 7 heteroatoms. The van der Waals surface area contributed by atoms with Gasteiger partial charge in [0.15, 0.2) is 0 Å². The minimum absolute atomic E-state index is 0.222. The molecule has 2 rings (SSSR count). The highest BCUT2D eigenvalue weighted by atomic mass is 79.9. The van der Waals surface area contributed by atoms with Gasteiger partial charge < -0.3 is 10.4 Å². The summed E-state index contributed by atoms with van der Waals surface area (Å²) in [6.07, 6.45) is -0.677. The lowest BCUT2D eigenvalue weighted by atomic mass is 10.2. The van der Waals surface area contributed by atoms with Crippen molar-refractivity contribution in [3.8, 4) is 0 Å². The number of likely N-dealkylation sites (N-methyl/N-ethyl adjacent to an activating group) is 1. The van der Waals surface area contributed by atoms with Crippen molar-refractivity contribution >= 4 is 26.0 Å². The molecular formula is C12H17BrN2O3S. The summed E-state index contributed by atoms with van der Waals surface area (Å²) in [6.45, 7) is 2.77. The number of nitrogens with one attached hydrogen (secondary N) is 1. The molecule has 1 aliphatic heterocycles. The highest BCUT2D eigenvalue weighted by Gasteiger charge is 2.36. The Kier molecular flexibility index (Phi) is 4.32. The predicted octanol–water partition coefficient (Wildman–Crippen LogP) is 0.711. The second-order valence-electron chi connectivity index (χ2n) is 4.75. The van der Waals surface area contributed by atoms with Gasteiger partial charge in [-0.1, -0.05) is 6.07 Å². The van der Waals surface area contributed by atoms with Gasteiger partial charge in [0.05, 0.1) is 17.0 Å². The number of hydrogen-bond donors (Lipinski definition) is 2. The molecule has 0 unspecified atom stereocenters. The van der Waals surface area contributed by atoms with Crippen LogP contribution in [0.2, 0.25) is 0 Å². The van der Waals surface area contributed by atoms with Crippen LogP contribution in [0.15, 0.2) is 27.6 Å². The van der Waals surface area contributed by atoms with Crippen LogP contribution < -0.4 is 5.32 Å². The molecule has 0 bridgehead atoms. The van der Waals surface area contributed by atoms with Gasteiger partial charge in [-0.15, -0.1) is 0 Å². The quantitative estimate of drug-likeness (QED) is 0.843. The summed E-state index contributed by atoms with van der Waals surface area (Å²) >= 11 is 3.29. The molecule has 1 fully saturated rings. The van der Waals surface area contributed by atoms with E-state index in [1.807, 2.05) is 6.92 Å². The topological polar surface area (TPSA) is 69.6 Å². The number of aryl methyl sites for hydroxylation is 1. The third-order valence-electron chi connectivity index (χ3n) is 3.36. The first-order valence-corrected chi connectivity index (χ1v) is 8.20. The third kappa shape index (κ3) is 2.85. The number of hydrogen-bond acceptors (Lipinski definition) is 4. The Bertz CT molecular complexity index is 576. The maximum atomic E-state index is 12.6. The summed E-state index contributed by atoms with van der Waals surface area (Å²) in [5.74, 6) is 0. The number of nitrogens with zero attached hydrogens (tertiary/aromatic N) is 1. The van der Waals surface area contributed by atoms with Crippen LogP contribution in [0.5, 0.6) is 0 Å². The van der Waals surface area contributed by atoms with E-state index in [2.05, 4.69) is 21.2 Å². The van der Waals surface area contributed by atoms with Crippen molar-refractivity contribution in [2.45, 2.75) is 24.0 Å². The molecule has 2 atom stereocenters. The van der Waals surface area contributed by atoms with Crippen LogP contribution in [0.3, 0.4) is 0 Å². The zero-order chi connectivity index (χ0) is 14.2. The van der Waals surface area contributed by atoms with E-state index in [0.717, 1.165) is 5.56 Å². The first kappa shape index (κ1) is 14.9. The van der Waals surface area contributed by atoms with Crippen LogP contribution in [0.4, 0.5) is 0 Å². The highest BCUT2D eigenvalue weighted by Crippen LogP contribution is 2.27. The number of β-amino-alcohol motifs (C(OH)–C–C–N with tert-alkyl or cyclic N) is 1. The van der Waals surface area contributed by atoms with E-state index in [9.17, 15) is 13.5 Å². The summed E-state index contributed by atoms with van der Waals surface area (Å²) in [5, 5.41) is 12.8. The lowest BCUT2D eigenvalue weighted by Crippen LogP contribution is -2.44. The molecule has 0 amide bonds. The number of halogens is 1. The Morgan fingerprint density at radius 3 is 2.63 bits per heavy atom. The Morgan fingerprint density at radius 2 is 2.11 bits per heavy atom. The molecular weight excluding hydrogens is 332 g/mol. The monoisotopic (exact) mass is 348 g/mol. The molecule has 0 saturated carbocycles. The summed E-state index contributed by atoms with van der Waals surface area (Å²) in [7, 11) is -2.11. The molecule has 5 nitrogen and oxygen atoms in total. The lowest BCUT2D eigenvalue weighted by Gasteiger charge is -2.26. The van der Waals surface area contributed by atoms with Crippen molar-refractivity contribution in [1.82, 2.24) is 9.62 Å². The molecule has 0 spiro atoms. The SMILES string of the molecule is Cc1ccc(S(=O)(=O)N(C)[C@@H]2CNC[C@H]2O)c(Br)c1. The zero-order valence-electron chi connectivity index (χ0n) is 10.8. The number of sulfonamides is 1. The normalized spacial score (nSPS) is 24.1. The van der Waals surface area contributed by atoms with E-state index < -0.39 is 22.2 Å². The van der Waals surface area contributed by atoms with Gasteiger partial charge in [0, 0.05) is 24.6 Å². The fourth-order valence-electron chi connectivity index (χ4n) is 2.17. The minimum Gasteiger partial charge on any atom is -0.390 e. The van der Waals surface area contributed by atoms with Crippen molar-refractivity contribution in [2.24, 2.45) is 0 Å². The summed E-state index contributed by atoms with van der Waals surface area (Å²) < 4.78 is 26.9. The van der Waals surface area contributed by atoms with Gasteiger partial charge in [-0.05, 0) is 40.5 Å². The summed E-state index contributed by atoms with van der Waals surface area (Å²) in [5.41, 5.74) is 0.982. The molecule has 1 aromatic carbocycles. The molecule has 0 aliphatic carbocycles. The molecule has 2 N–H and O–H groups in total. The molecule has 1 aliphatic rings. The number of rotatable bonds is 3. The van der Waals surface area contributed by atoms with E-state index in [0.29, 0.717) is 17.6 Å². The predicted molar refractivity (Wildman–Crippen MR) is 76.5 cm³/mol. The molecule has 19 heavy (non-hydrogen) atoms. The summed E-state index contributed by atoms with van der Waals surface area (Å²) in [4.78, 5) is 0.222. The highest BCUT2D eigenvalue weighted by molar-refractivity contribution is 9.10. The van der Waals surface area contributed by atoms with Gasteiger partial charge in [-0.2, -0.15) is 4.31 Å². The smallest absolute Gasteiger partial charge is 0.244 e. The van der Waals surface area contributed by atoms with Gasteiger partial charge in [0.25, 0.3) is 0 Å². The van der Waals surface area contributed by atoms with Crippen LogP contribution in [-0.2, 0) is 10.0 Å².